The van der Waals surface area contributed by atoms with Crippen LogP contribution in [0.2, 0.25) is 0 Å². The number of fused-ring (bicyclic) bond motifs is 1. The molecule has 0 radical (unpaired) electrons. The van der Waals surface area contributed by atoms with Crippen molar-refractivity contribution in [1.82, 2.24) is 0 Å². The van der Waals surface area contributed by atoms with E-state index in [2.05, 4.69) is 24.8 Å². The summed E-state index contributed by atoms with van der Waals surface area (Å²) in [6, 6.07) is 7.76. The standard InChI is InChI=1S/C23H27N3O3S/c1-23(2)8-7-19-17(11-23)20(22(27)28)21(30-19)16-10-14(12-24)5-6-18(16)26-9-3-4-15(13-26)29-25/h5-6,10,15H,3-4,7-9,11,13,25H2,1-2H3,(H,27,28)/t15-/m0/s1. The fourth-order valence-corrected chi connectivity index (χ4v) is 6.00. The van der Waals surface area contributed by atoms with Crippen LogP contribution in [0.25, 0.3) is 10.4 Å². The number of rotatable bonds is 4. The Balaban J connectivity index is 1.87. The maximum absolute atomic E-state index is 12.4. The largest absolute Gasteiger partial charge is 0.478 e. The predicted molar refractivity (Wildman–Crippen MR) is 118 cm³/mol. The Morgan fingerprint density at radius 3 is 2.93 bits per heavy atom. The number of carboxylic acids is 1. The van der Waals surface area contributed by atoms with Crippen LogP contribution in [0.5, 0.6) is 0 Å². The highest BCUT2D eigenvalue weighted by atomic mass is 32.1. The van der Waals surface area contributed by atoms with Crippen molar-refractivity contribution in [3.63, 3.8) is 0 Å². The first-order valence-electron chi connectivity index (χ1n) is 10.4. The number of nitrogens with zero attached hydrogens (tertiary/aromatic N) is 2. The quantitative estimate of drug-likeness (QED) is 0.706. The van der Waals surface area contributed by atoms with Crippen LogP contribution in [0.4, 0.5) is 5.69 Å². The number of carboxylic acid groups (broad SMARTS) is 1. The van der Waals surface area contributed by atoms with E-state index in [0.717, 1.165) is 65.2 Å². The monoisotopic (exact) mass is 425 g/mol. The van der Waals surface area contributed by atoms with Crippen LogP contribution in [0.3, 0.4) is 0 Å². The van der Waals surface area contributed by atoms with Gasteiger partial charge in [0.2, 0.25) is 0 Å². The lowest BCUT2D eigenvalue weighted by atomic mass is 9.76. The maximum atomic E-state index is 12.4. The van der Waals surface area contributed by atoms with Gasteiger partial charge in [0.25, 0.3) is 0 Å². The molecule has 1 atom stereocenters. The molecule has 1 fully saturated rings. The van der Waals surface area contributed by atoms with Crippen molar-refractivity contribution in [1.29, 1.82) is 5.26 Å². The molecule has 4 rings (SSSR count). The first kappa shape index (κ1) is 20.9. The van der Waals surface area contributed by atoms with Gasteiger partial charge in [0.05, 0.1) is 28.2 Å². The second kappa shape index (κ2) is 8.03. The molecule has 1 aliphatic carbocycles. The lowest BCUT2D eigenvalue weighted by molar-refractivity contribution is 0.0435. The number of nitriles is 1. The van der Waals surface area contributed by atoms with E-state index in [1.165, 1.54) is 0 Å². The molecular formula is C23H27N3O3S. The van der Waals surface area contributed by atoms with Crippen molar-refractivity contribution in [2.24, 2.45) is 11.3 Å². The highest BCUT2D eigenvalue weighted by molar-refractivity contribution is 7.16. The lowest BCUT2D eigenvalue weighted by Crippen LogP contribution is -2.41. The molecule has 2 aromatic rings. The SMILES string of the molecule is CC1(C)CCc2sc(-c3cc(C#N)ccc3N3CCC[C@H](ON)C3)c(C(=O)O)c2C1. The Hall–Kier alpha value is -2.40. The van der Waals surface area contributed by atoms with Crippen LogP contribution in [0.1, 0.15) is 59.5 Å². The van der Waals surface area contributed by atoms with Gasteiger partial charge in [-0.2, -0.15) is 5.26 Å². The second-order valence-corrected chi connectivity index (χ2v) is 10.1. The van der Waals surface area contributed by atoms with Crippen molar-refractivity contribution < 1.29 is 14.7 Å². The Morgan fingerprint density at radius 2 is 2.23 bits per heavy atom. The number of aromatic carboxylic acids is 1. The molecule has 0 unspecified atom stereocenters. The van der Waals surface area contributed by atoms with E-state index in [0.29, 0.717) is 17.7 Å². The van der Waals surface area contributed by atoms with Gasteiger partial charge in [0, 0.05) is 29.2 Å². The molecule has 6 nitrogen and oxygen atoms in total. The second-order valence-electron chi connectivity index (χ2n) is 9.04. The first-order chi connectivity index (χ1) is 14.3. The van der Waals surface area contributed by atoms with E-state index >= 15 is 0 Å². The van der Waals surface area contributed by atoms with Crippen LogP contribution < -0.4 is 10.8 Å². The van der Waals surface area contributed by atoms with Gasteiger partial charge < -0.3 is 10.0 Å². The minimum Gasteiger partial charge on any atom is -0.478 e. The van der Waals surface area contributed by atoms with Gasteiger partial charge in [-0.3, -0.25) is 4.84 Å². The molecule has 0 saturated carbocycles. The molecule has 2 heterocycles. The van der Waals surface area contributed by atoms with Gasteiger partial charge in [-0.25, -0.2) is 10.7 Å². The Kier molecular flexibility index (Phi) is 5.58. The summed E-state index contributed by atoms with van der Waals surface area (Å²) < 4.78 is 0. The van der Waals surface area contributed by atoms with Crippen molar-refractivity contribution in [2.45, 2.75) is 52.1 Å². The molecule has 7 heteroatoms. The Bertz CT molecular complexity index is 1020. The third-order valence-corrected chi connectivity index (χ3v) is 7.60. The Morgan fingerprint density at radius 1 is 1.43 bits per heavy atom. The highest BCUT2D eigenvalue weighted by Crippen LogP contribution is 2.47. The van der Waals surface area contributed by atoms with Crippen molar-refractivity contribution in [3.05, 3.63) is 39.8 Å². The van der Waals surface area contributed by atoms with Crippen molar-refractivity contribution in [3.8, 4) is 16.5 Å². The van der Waals surface area contributed by atoms with Gasteiger partial charge in [-0.1, -0.05) is 13.8 Å². The summed E-state index contributed by atoms with van der Waals surface area (Å²) in [5.41, 5.74) is 3.75. The van der Waals surface area contributed by atoms with Crippen LogP contribution in [0.15, 0.2) is 18.2 Å². The molecule has 30 heavy (non-hydrogen) atoms. The maximum Gasteiger partial charge on any atom is 0.337 e. The minimum atomic E-state index is -0.893. The fourth-order valence-electron chi connectivity index (χ4n) is 4.67. The van der Waals surface area contributed by atoms with Crippen molar-refractivity contribution in [2.75, 3.05) is 18.0 Å². The molecule has 1 aromatic carbocycles. The normalized spacial score (nSPS) is 20.5. The molecule has 3 N–H and O–H groups in total. The van der Waals surface area contributed by atoms with E-state index in [-0.39, 0.29) is 11.5 Å². The average Bonchev–Trinajstić information content (AvgIpc) is 3.10. The molecule has 0 bridgehead atoms. The van der Waals surface area contributed by atoms with Gasteiger partial charge >= 0.3 is 5.97 Å². The highest BCUT2D eigenvalue weighted by Gasteiger charge is 2.34. The molecule has 1 aliphatic heterocycles. The van der Waals surface area contributed by atoms with Gasteiger partial charge in [0.15, 0.2) is 0 Å². The molecule has 2 aliphatic rings. The predicted octanol–water partition coefficient (Wildman–Crippen LogP) is 4.36. The molecular weight excluding hydrogens is 398 g/mol. The van der Waals surface area contributed by atoms with Crippen LogP contribution in [0, 0.1) is 16.7 Å². The summed E-state index contributed by atoms with van der Waals surface area (Å²) in [5, 5.41) is 19.6. The zero-order valence-electron chi connectivity index (χ0n) is 17.4. The number of anilines is 1. The number of carbonyl (C=O) groups is 1. The third kappa shape index (κ3) is 3.83. The summed E-state index contributed by atoms with van der Waals surface area (Å²) in [4.78, 5) is 21.6. The van der Waals surface area contributed by atoms with Crippen molar-refractivity contribution >= 4 is 23.0 Å². The third-order valence-electron chi connectivity index (χ3n) is 6.27. The smallest absolute Gasteiger partial charge is 0.337 e. The van der Waals surface area contributed by atoms with E-state index in [1.807, 2.05) is 12.1 Å². The van der Waals surface area contributed by atoms with Crippen LogP contribution in [-0.2, 0) is 17.7 Å². The van der Waals surface area contributed by atoms with Gasteiger partial charge in [-0.15, -0.1) is 11.3 Å². The lowest BCUT2D eigenvalue weighted by Gasteiger charge is -2.34. The molecule has 0 spiro atoms. The summed E-state index contributed by atoms with van der Waals surface area (Å²) in [6.45, 7) is 5.89. The number of thiophene rings is 1. The summed E-state index contributed by atoms with van der Waals surface area (Å²) in [5.74, 6) is 4.56. The number of hydrogen-bond acceptors (Lipinski definition) is 6. The zero-order valence-corrected chi connectivity index (χ0v) is 18.2. The molecule has 158 valence electrons. The summed E-state index contributed by atoms with van der Waals surface area (Å²) >= 11 is 1.58. The summed E-state index contributed by atoms with van der Waals surface area (Å²) in [7, 11) is 0. The number of benzene rings is 1. The fraction of sp³-hybridized carbons (Fsp3) is 0.478. The van der Waals surface area contributed by atoms with Gasteiger partial charge in [-0.05, 0) is 61.3 Å². The van der Waals surface area contributed by atoms with E-state index in [9.17, 15) is 15.2 Å². The van der Waals surface area contributed by atoms with Gasteiger partial charge in [0.1, 0.15) is 0 Å². The van der Waals surface area contributed by atoms with Crippen LogP contribution in [-0.4, -0.2) is 30.3 Å². The number of piperidine rings is 1. The first-order valence-corrected chi connectivity index (χ1v) is 11.2. The number of aryl methyl sites for hydroxylation is 1. The van der Waals surface area contributed by atoms with Crippen LogP contribution >= 0.6 is 11.3 Å². The number of nitrogens with two attached hydrogens (primary N) is 1. The zero-order chi connectivity index (χ0) is 21.5. The van der Waals surface area contributed by atoms with E-state index in [4.69, 9.17) is 10.7 Å². The average molecular weight is 426 g/mol. The molecule has 1 saturated heterocycles. The molecule has 0 amide bonds. The van der Waals surface area contributed by atoms with E-state index in [1.54, 1.807) is 17.4 Å². The van der Waals surface area contributed by atoms with E-state index < -0.39 is 5.97 Å². The Labute approximate surface area is 180 Å². The summed E-state index contributed by atoms with van der Waals surface area (Å²) in [6.07, 6.45) is 4.50. The molecule has 1 aromatic heterocycles. The number of hydrogen-bond donors (Lipinski definition) is 2. The topological polar surface area (TPSA) is 99.6 Å². The minimum absolute atomic E-state index is 0.0569.